The molecule has 1 aliphatic heterocycles. The SMILES string of the molecule is CCOc1cccc2sc(N(CCCN3CCOCC3)C(=O)c3nc4ccccc4s3)nc12.Cl. The lowest BCUT2D eigenvalue weighted by Crippen LogP contribution is -2.39. The number of carbonyl (C=O) groups excluding carboxylic acids is 1. The fraction of sp³-hybridized carbons (Fsp3) is 0.375. The second-order valence-electron chi connectivity index (χ2n) is 7.78. The molecule has 2 aromatic carbocycles. The van der Waals surface area contributed by atoms with E-state index in [1.54, 1.807) is 4.90 Å². The molecule has 0 spiro atoms. The van der Waals surface area contributed by atoms with Gasteiger partial charge in [0.2, 0.25) is 0 Å². The zero-order valence-corrected chi connectivity index (χ0v) is 21.4. The minimum absolute atomic E-state index is 0. The highest BCUT2D eigenvalue weighted by molar-refractivity contribution is 7.23. The molecule has 0 saturated carbocycles. The van der Waals surface area contributed by atoms with Crippen LogP contribution in [-0.2, 0) is 4.74 Å². The number of para-hydroxylation sites is 2. The molecule has 0 unspecified atom stereocenters. The minimum Gasteiger partial charge on any atom is -0.492 e. The van der Waals surface area contributed by atoms with Gasteiger partial charge in [0.05, 0.1) is 34.7 Å². The molecule has 0 atom stereocenters. The molecule has 0 bridgehead atoms. The average Bonchev–Trinajstić information content (AvgIpc) is 3.47. The molecular formula is C24H27ClN4O3S2. The lowest BCUT2D eigenvalue weighted by molar-refractivity contribution is 0.0376. The van der Waals surface area contributed by atoms with E-state index in [0.29, 0.717) is 23.3 Å². The van der Waals surface area contributed by atoms with E-state index in [1.165, 1.54) is 22.7 Å². The normalized spacial score (nSPS) is 14.3. The first-order chi connectivity index (χ1) is 16.2. The number of amides is 1. The maximum Gasteiger partial charge on any atom is 0.289 e. The molecule has 1 saturated heterocycles. The standard InChI is InChI=1S/C24H26N4O3S2.ClH/c1-2-31-18-8-5-10-20-21(18)26-24(33-20)28(12-6-11-27-13-15-30-16-14-27)23(29)22-25-17-7-3-4-9-19(17)32-22;/h3-5,7-10H,2,6,11-16H2,1H3;1H. The predicted octanol–water partition coefficient (Wildman–Crippen LogP) is 5.10. The van der Waals surface area contributed by atoms with Crippen molar-refractivity contribution in [3.05, 3.63) is 47.5 Å². The molecule has 0 aliphatic carbocycles. The van der Waals surface area contributed by atoms with Crippen LogP contribution in [-0.4, -0.2) is 66.8 Å². The van der Waals surface area contributed by atoms with E-state index in [9.17, 15) is 4.79 Å². The summed E-state index contributed by atoms with van der Waals surface area (Å²) in [6.07, 6.45) is 0.852. The van der Waals surface area contributed by atoms with Crippen molar-refractivity contribution in [2.45, 2.75) is 13.3 Å². The number of carbonyl (C=O) groups is 1. The zero-order valence-electron chi connectivity index (χ0n) is 18.9. The topological polar surface area (TPSA) is 67.8 Å². The van der Waals surface area contributed by atoms with Crippen molar-refractivity contribution in [3.8, 4) is 5.75 Å². The number of hydrogen-bond donors (Lipinski definition) is 0. The van der Waals surface area contributed by atoms with E-state index in [4.69, 9.17) is 14.5 Å². The van der Waals surface area contributed by atoms with Crippen molar-refractivity contribution in [3.63, 3.8) is 0 Å². The predicted molar refractivity (Wildman–Crippen MR) is 141 cm³/mol. The van der Waals surface area contributed by atoms with Gasteiger partial charge in [0.25, 0.3) is 5.91 Å². The fourth-order valence-corrected chi connectivity index (χ4v) is 5.86. The molecule has 4 aromatic rings. The molecular weight excluding hydrogens is 492 g/mol. The first kappa shape index (κ1) is 24.8. The van der Waals surface area contributed by atoms with Crippen LogP contribution in [0.1, 0.15) is 23.1 Å². The van der Waals surface area contributed by atoms with Crippen molar-refractivity contribution < 1.29 is 14.3 Å². The van der Waals surface area contributed by atoms with Crippen LogP contribution >= 0.6 is 35.1 Å². The minimum atomic E-state index is -0.102. The van der Waals surface area contributed by atoms with Gasteiger partial charge in [-0.15, -0.1) is 23.7 Å². The Kier molecular flexibility index (Phi) is 8.33. The maximum absolute atomic E-state index is 13.7. The van der Waals surface area contributed by atoms with Crippen LogP contribution in [0.5, 0.6) is 5.75 Å². The number of thiazole rings is 2. The first-order valence-corrected chi connectivity index (χ1v) is 12.9. The number of nitrogens with zero attached hydrogens (tertiary/aromatic N) is 4. The van der Waals surface area contributed by atoms with Crippen LogP contribution in [0.3, 0.4) is 0 Å². The number of hydrogen-bond acceptors (Lipinski definition) is 8. The zero-order chi connectivity index (χ0) is 22.6. The van der Waals surface area contributed by atoms with Crippen LogP contribution in [0.2, 0.25) is 0 Å². The number of ether oxygens (including phenoxy) is 2. The number of halogens is 1. The Morgan fingerprint density at radius 3 is 2.68 bits per heavy atom. The van der Waals surface area contributed by atoms with Gasteiger partial charge in [0.15, 0.2) is 10.1 Å². The van der Waals surface area contributed by atoms with E-state index in [-0.39, 0.29) is 18.3 Å². The van der Waals surface area contributed by atoms with E-state index in [0.717, 1.165) is 65.5 Å². The van der Waals surface area contributed by atoms with Gasteiger partial charge in [-0.05, 0) is 37.6 Å². The summed E-state index contributed by atoms with van der Waals surface area (Å²) in [6, 6.07) is 13.8. The highest BCUT2D eigenvalue weighted by Crippen LogP contribution is 2.35. The number of benzene rings is 2. The highest BCUT2D eigenvalue weighted by Gasteiger charge is 2.25. The quantitative estimate of drug-likeness (QED) is 0.323. The third-order valence-corrected chi connectivity index (χ3v) is 7.65. The van der Waals surface area contributed by atoms with E-state index in [2.05, 4.69) is 9.88 Å². The summed E-state index contributed by atoms with van der Waals surface area (Å²) in [7, 11) is 0. The van der Waals surface area contributed by atoms with Gasteiger partial charge in [0, 0.05) is 26.2 Å². The Morgan fingerprint density at radius 1 is 1.09 bits per heavy atom. The molecule has 34 heavy (non-hydrogen) atoms. The summed E-state index contributed by atoms with van der Waals surface area (Å²) < 4.78 is 13.2. The van der Waals surface area contributed by atoms with Gasteiger partial charge in [-0.3, -0.25) is 14.6 Å². The lowest BCUT2D eigenvalue weighted by atomic mass is 10.3. The van der Waals surface area contributed by atoms with Crippen LogP contribution < -0.4 is 9.64 Å². The molecule has 7 nitrogen and oxygen atoms in total. The summed E-state index contributed by atoms with van der Waals surface area (Å²) >= 11 is 2.95. The van der Waals surface area contributed by atoms with Crippen LogP contribution in [0.4, 0.5) is 5.13 Å². The second-order valence-corrected chi connectivity index (χ2v) is 9.82. The van der Waals surface area contributed by atoms with Gasteiger partial charge in [-0.2, -0.15) is 0 Å². The number of rotatable bonds is 8. The van der Waals surface area contributed by atoms with Crippen molar-refractivity contribution >= 4 is 66.6 Å². The van der Waals surface area contributed by atoms with Gasteiger partial charge in [-0.1, -0.05) is 29.5 Å². The molecule has 2 aromatic heterocycles. The Morgan fingerprint density at radius 2 is 1.88 bits per heavy atom. The molecule has 10 heteroatoms. The van der Waals surface area contributed by atoms with Gasteiger partial charge >= 0.3 is 0 Å². The average molecular weight is 519 g/mol. The highest BCUT2D eigenvalue weighted by atomic mass is 35.5. The third-order valence-electron chi connectivity index (χ3n) is 5.58. The summed E-state index contributed by atoms with van der Waals surface area (Å²) in [5.74, 6) is 0.647. The molecule has 0 N–H and O–H groups in total. The Balaban J connectivity index is 0.00000274. The number of fused-ring (bicyclic) bond motifs is 2. The van der Waals surface area contributed by atoms with Crippen LogP contribution in [0, 0.1) is 0 Å². The summed E-state index contributed by atoms with van der Waals surface area (Å²) in [6.45, 7) is 7.44. The maximum atomic E-state index is 13.7. The fourth-order valence-electron chi connectivity index (χ4n) is 3.94. The molecule has 3 heterocycles. The van der Waals surface area contributed by atoms with Crippen molar-refractivity contribution in [1.82, 2.24) is 14.9 Å². The summed E-state index contributed by atoms with van der Waals surface area (Å²) in [5, 5.41) is 1.18. The summed E-state index contributed by atoms with van der Waals surface area (Å²) in [4.78, 5) is 27.3. The smallest absolute Gasteiger partial charge is 0.289 e. The number of anilines is 1. The Hall–Kier alpha value is -2.30. The van der Waals surface area contributed by atoms with Crippen molar-refractivity contribution in [2.24, 2.45) is 0 Å². The van der Waals surface area contributed by atoms with Crippen LogP contribution in [0.25, 0.3) is 20.4 Å². The molecule has 5 rings (SSSR count). The molecule has 1 fully saturated rings. The van der Waals surface area contributed by atoms with Gasteiger partial charge in [-0.25, -0.2) is 9.97 Å². The monoisotopic (exact) mass is 518 g/mol. The molecule has 180 valence electrons. The van der Waals surface area contributed by atoms with E-state index < -0.39 is 0 Å². The first-order valence-electron chi connectivity index (χ1n) is 11.2. The molecule has 1 amide bonds. The molecule has 0 radical (unpaired) electrons. The Bertz CT molecular complexity index is 1220. The lowest BCUT2D eigenvalue weighted by Gasteiger charge is -2.27. The van der Waals surface area contributed by atoms with Gasteiger partial charge in [0.1, 0.15) is 11.3 Å². The molecule has 1 aliphatic rings. The van der Waals surface area contributed by atoms with E-state index >= 15 is 0 Å². The largest absolute Gasteiger partial charge is 0.492 e. The number of aromatic nitrogens is 2. The van der Waals surface area contributed by atoms with Crippen molar-refractivity contribution in [2.75, 3.05) is 50.9 Å². The summed E-state index contributed by atoms with van der Waals surface area (Å²) in [5.41, 5.74) is 1.65. The van der Waals surface area contributed by atoms with Crippen LogP contribution in [0.15, 0.2) is 42.5 Å². The number of morpholine rings is 1. The Labute approximate surface area is 212 Å². The van der Waals surface area contributed by atoms with E-state index in [1.807, 2.05) is 49.4 Å². The third kappa shape index (κ3) is 5.34. The van der Waals surface area contributed by atoms with Gasteiger partial charge < -0.3 is 9.47 Å². The van der Waals surface area contributed by atoms with Crippen molar-refractivity contribution in [1.29, 1.82) is 0 Å². The second kappa shape index (κ2) is 11.4.